The van der Waals surface area contributed by atoms with Gasteiger partial charge in [0.25, 0.3) is 11.4 Å². The van der Waals surface area contributed by atoms with Gasteiger partial charge in [-0.15, -0.1) is 23.5 Å². The van der Waals surface area contributed by atoms with Crippen molar-refractivity contribution in [1.82, 2.24) is 9.97 Å². The molecule has 21 heteroatoms. The van der Waals surface area contributed by atoms with E-state index in [4.69, 9.17) is 19.7 Å². The van der Waals surface area contributed by atoms with Crippen LogP contribution in [0.1, 0.15) is 17.0 Å². The third-order valence-electron chi connectivity index (χ3n) is 8.62. The summed E-state index contributed by atoms with van der Waals surface area (Å²) in [6.07, 6.45) is -4.91. The first-order valence-corrected chi connectivity index (χ1v) is 19.2. The number of pyridine rings is 2. The molecule has 0 saturated heterocycles. The van der Waals surface area contributed by atoms with Crippen molar-refractivity contribution in [3.05, 3.63) is 140 Å². The van der Waals surface area contributed by atoms with Crippen LogP contribution in [0.3, 0.4) is 0 Å². The van der Waals surface area contributed by atoms with E-state index < -0.39 is 51.3 Å². The fraction of sp³-hybridized carbons (Fsp3) is 0.128. The number of aliphatic carboxylic acids is 2. The van der Waals surface area contributed by atoms with Gasteiger partial charge < -0.3 is 19.7 Å². The lowest BCUT2D eigenvalue weighted by atomic mass is 10.1. The maximum Gasteiger partial charge on any atom is 0.423 e. The van der Waals surface area contributed by atoms with Gasteiger partial charge >= 0.3 is 18.1 Å². The summed E-state index contributed by atoms with van der Waals surface area (Å²) < 4.78 is 50.7. The van der Waals surface area contributed by atoms with Gasteiger partial charge in [-0.25, -0.2) is 19.6 Å². The maximum absolute atomic E-state index is 13.2. The van der Waals surface area contributed by atoms with Crippen LogP contribution in [0.15, 0.2) is 113 Å². The topological polar surface area (TPSA) is 230 Å². The van der Waals surface area contributed by atoms with E-state index in [1.165, 1.54) is 53.9 Å². The Morgan fingerprint density at radius 1 is 0.633 bits per heavy atom. The van der Waals surface area contributed by atoms with Gasteiger partial charge in [-0.3, -0.25) is 30.2 Å². The molecular weight excluding hydrogens is 834 g/mol. The molecule has 2 aliphatic heterocycles. The molecule has 4 aromatic carbocycles. The number of fused-ring (bicyclic) bond motifs is 2. The number of nitro benzene ring substituents is 2. The average molecular weight is 859 g/mol. The van der Waals surface area contributed by atoms with Gasteiger partial charge in [-0.2, -0.15) is 13.2 Å². The van der Waals surface area contributed by atoms with Crippen LogP contribution in [0.25, 0.3) is 21.8 Å². The van der Waals surface area contributed by atoms with Crippen LogP contribution in [0.2, 0.25) is 0 Å². The zero-order chi connectivity index (χ0) is 42.7. The molecule has 304 valence electrons. The SMILES string of the molecule is O=C(O)[C@H]1CSC(c2ccc3cc(Oc4ccc([N+](=O)[O-])c(C(F)(F)F)c4)ccc3n2)=N1.O=C(O)[C@H]1CSC(c2ccc3cc(Oc4ccc([N+](=O)[O-])cc4)ccc3n2)=N1. The van der Waals surface area contributed by atoms with E-state index in [1.54, 1.807) is 42.5 Å². The van der Waals surface area contributed by atoms with Gasteiger partial charge in [0.05, 0.1) is 32.3 Å². The van der Waals surface area contributed by atoms with Crippen LogP contribution >= 0.6 is 23.5 Å². The fourth-order valence-corrected chi connectivity index (χ4v) is 7.72. The van der Waals surface area contributed by atoms with Gasteiger partial charge in [0.1, 0.15) is 38.6 Å². The smallest absolute Gasteiger partial charge is 0.423 e. The molecule has 0 fully saturated rings. The Balaban J connectivity index is 0.000000183. The standard InChI is InChI=1S/C20H12F3N3O5S.C19H13N3O5S/c21-20(22,23)13-8-12(3-6-17(13)26(29)30)31-11-2-5-14-10(7-11)1-4-15(24-14)18-25-16(9-32-18)19(27)28;23-19(24)17-10-28-18(21-17)16-7-1-11-9-14(6-8-15(11)20-16)27-13-4-2-12(3-5-13)22(25)26/h1-8,16H,9H2,(H,27,28);1-9,17H,10H2,(H,23,24)/t16-;17-/m11/s1. The molecule has 16 nitrogen and oxygen atoms in total. The van der Waals surface area contributed by atoms with Crippen molar-refractivity contribution in [2.75, 3.05) is 11.5 Å². The number of ether oxygens (including phenoxy) is 2. The number of benzene rings is 4. The highest BCUT2D eigenvalue weighted by molar-refractivity contribution is 8.15. The Kier molecular flexibility index (Phi) is 11.6. The normalized spacial score (nSPS) is 16.1. The van der Waals surface area contributed by atoms with Crippen LogP contribution in [-0.2, 0) is 15.8 Å². The molecule has 0 aliphatic carbocycles. The molecule has 0 unspecified atom stereocenters. The average Bonchev–Trinajstić information content (AvgIpc) is 3.93. The number of nitrogens with zero attached hydrogens (tertiary/aromatic N) is 6. The van der Waals surface area contributed by atoms with Crippen LogP contribution in [0, 0.1) is 20.2 Å². The number of rotatable bonds is 10. The Bertz CT molecular complexity index is 2770. The largest absolute Gasteiger partial charge is 0.480 e. The number of thioether (sulfide) groups is 2. The Morgan fingerprint density at radius 3 is 1.52 bits per heavy atom. The van der Waals surface area contributed by atoms with Crippen molar-refractivity contribution in [1.29, 1.82) is 0 Å². The summed E-state index contributed by atoms with van der Waals surface area (Å²) >= 11 is 2.68. The van der Waals surface area contributed by atoms with Crippen molar-refractivity contribution >= 4 is 78.7 Å². The van der Waals surface area contributed by atoms with Crippen LogP contribution in [-0.4, -0.2) is 75.6 Å². The van der Waals surface area contributed by atoms with Gasteiger partial charge in [-0.1, -0.05) is 12.1 Å². The van der Waals surface area contributed by atoms with Gasteiger partial charge in [0, 0.05) is 40.5 Å². The number of aliphatic imine (C=N–C) groups is 2. The van der Waals surface area contributed by atoms with Gasteiger partial charge in [-0.05, 0) is 72.8 Å². The van der Waals surface area contributed by atoms with E-state index in [0.717, 1.165) is 23.0 Å². The number of non-ortho nitro benzene ring substituents is 1. The van der Waals surface area contributed by atoms with Crippen molar-refractivity contribution < 1.29 is 52.3 Å². The van der Waals surface area contributed by atoms with Crippen LogP contribution < -0.4 is 9.47 Å². The number of nitro groups is 2. The van der Waals surface area contributed by atoms with E-state index in [2.05, 4.69) is 20.0 Å². The van der Waals surface area contributed by atoms with E-state index >= 15 is 0 Å². The predicted octanol–water partition coefficient (Wildman–Crippen LogP) is 8.78. The van der Waals surface area contributed by atoms with E-state index in [-0.39, 0.29) is 17.2 Å². The van der Waals surface area contributed by atoms with E-state index in [9.17, 15) is 43.0 Å². The molecule has 0 amide bonds. The Hall–Kier alpha value is -7.13. The van der Waals surface area contributed by atoms with Crippen molar-refractivity contribution in [3.8, 4) is 23.0 Å². The van der Waals surface area contributed by atoms with Gasteiger partial charge in [0.2, 0.25) is 0 Å². The van der Waals surface area contributed by atoms with Crippen molar-refractivity contribution in [3.63, 3.8) is 0 Å². The highest BCUT2D eigenvalue weighted by Crippen LogP contribution is 2.39. The van der Waals surface area contributed by atoms with Crippen molar-refractivity contribution in [2.45, 2.75) is 18.3 Å². The molecule has 2 N–H and O–H groups in total. The molecule has 2 atom stereocenters. The number of aromatic nitrogens is 2. The third kappa shape index (κ3) is 9.42. The third-order valence-corrected chi connectivity index (χ3v) is 10.8. The fourth-order valence-electron chi connectivity index (χ4n) is 5.73. The molecule has 0 radical (unpaired) electrons. The zero-order valence-electron chi connectivity index (χ0n) is 30.2. The highest BCUT2D eigenvalue weighted by atomic mass is 32.2. The molecule has 0 saturated carbocycles. The lowest BCUT2D eigenvalue weighted by Crippen LogP contribution is -2.17. The van der Waals surface area contributed by atoms with Crippen LogP contribution in [0.4, 0.5) is 24.5 Å². The van der Waals surface area contributed by atoms with E-state index in [0.29, 0.717) is 61.4 Å². The summed E-state index contributed by atoms with van der Waals surface area (Å²) in [5.74, 6) is -0.124. The molecule has 4 heterocycles. The number of halogens is 3. The molecular formula is C39H25F3N6O10S2. The molecule has 0 bridgehead atoms. The van der Waals surface area contributed by atoms with Crippen LogP contribution in [0.5, 0.6) is 23.0 Å². The first-order chi connectivity index (χ1) is 28.6. The number of carbonyl (C=O) groups is 2. The minimum absolute atomic E-state index is 0.000393. The zero-order valence-corrected chi connectivity index (χ0v) is 31.8. The van der Waals surface area contributed by atoms with E-state index in [1.807, 2.05) is 12.1 Å². The minimum Gasteiger partial charge on any atom is -0.480 e. The predicted molar refractivity (Wildman–Crippen MR) is 216 cm³/mol. The summed E-state index contributed by atoms with van der Waals surface area (Å²) in [5.41, 5.74) is -0.0115. The Labute approximate surface area is 343 Å². The molecule has 6 aromatic rings. The minimum atomic E-state index is -4.91. The second kappa shape index (κ2) is 17.0. The summed E-state index contributed by atoms with van der Waals surface area (Å²) in [6.45, 7) is 0. The molecule has 8 rings (SSSR count). The summed E-state index contributed by atoms with van der Waals surface area (Å²) in [7, 11) is 0. The number of alkyl halides is 3. The quantitative estimate of drug-likeness (QED) is 0.0969. The highest BCUT2D eigenvalue weighted by Gasteiger charge is 2.39. The Morgan fingerprint density at radius 2 is 1.08 bits per heavy atom. The first kappa shape index (κ1) is 41.0. The number of carboxylic acids is 2. The lowest BCUT2D eigenvalue weighted by Gasteiger charge is -2.11. The molecule has 2 aromatic heterocycles. The number of carboxylic acid groups (broad SMARTS) is 2. The second-order valence-electron chi connectivity index (χ2n) is 12.7. The monoisotopic (exact) mass is 858 g/mol. The summed E-state index contributed by atoms with van der Waals surface area (Å²) in [5, 5.41) is 42.3. The first-order valence-electron chi connectivity index (χ1n) is 17.3. The van der Waals surface area contributed by atoms with Crippen molar-refractivity contribution in [2.24, 2.45) is 9.98 Å². The summed E-state index contributed by atoms with van der Waals surface area (Å²) in [6, 6.07) is 23.8. The summed E-state index contributed by atoms with van der Waals surface area (Å²) in [4.78, 5) is 59.5. The molecule has 60 heavy (non-hydrogen) atoms. The molecule has 0 spiro atoms. The number of hydrogen-bond acceptors (Lipinski definition) is 14. The lowest BCUT2D eigenvalue weighted by molar-refractivity contribution is -0.388. The van der Waals surface area contributed by atoms with Gasteiger partial charge in [0.15, 0.2) is 12.1 Å². The second-order valence-corrected chi connectivity index (χ2v) is 14.7. The molecule has 2 aliphatic rings. The number of hydrogen-bond donors (Lipinski definition) is 2. The maximum atomic E-state index is 13.2.